The Hall–Kier alpha value is -3.85. The monoisotopic (exact) mass is 506 g/mol. The molecule has 0 bridgehead atoms. The predicted molar refractivity (Wildman–Crippen MR) is 142 cm³/mol. The van der Waals surface area contributed by atoms with Gasteiger partial charge < -0.3 is 29.4 Å². The minimum absolute atomic E-state index is 0.0677. The molecule has 1 aromatic carbocycles. The number of aryl methyl sites for hydroxylation is 1. The van der Waals surface area contributed by atoms with Gasteiger partial charge in [-0.25, -0.2) is 4.79 Å². The summed E-state index contributed by atoms with van der Waals surface area (Å²) in [5.74, 6) is -0.0752. The van der Waals surface area contributed by atoms with Gasteiger partial charge in [-0.05, 0) is 57.0 Å². The first kappa shape index (κ1) is 26.2. The molecule has 0 radical (unpaired) electrons. The maximum absolute atomic E-state index is 12.0. The number of rotatable bonds is 5. The summed E-state index contributed by atoms with van der Waals surface area (Å²) in [5, 5.41) is 12.4. The summed E-state index contributed by atoms with van der Waals surface area (Å²) < 4.78 is 13.1. The van der Waals surface area contributed by atoms with E-state index in [1.165, 1.54) is 0 Å². The zero-order valence-corrected chi connectivity index (χ0v) is 21.8. The van der Waals surface area contributed by atoms with Gasteiger partial charge in [-0.1, -0.05) is 6.07 Å². The molecule has 1 amide bonds. The molecule has 9 nitrogen and oxygen atoms in total. The lowest BCUT2D eigenvalue weighted by atomic mass is 9.93. The van der Waals surface area contributed by atoms with Crippen LogP contribution in [0.5, 0.6) is 5.75 Å². The van der Waals surface area contributed by atoms with Gasteiger partial charge in [0, 0.05) is 54.3 Å². The van der Waals surface area contributed by atoms with Crippen LogP contribution in [0.25, 0.3) is 22.4 Å². The van der Waals surface area contributed by atoms with E-state index in [4.69, 9.17) is 9.47 Å². The van der Waals surface area contributed by atoms with Crippen molar-refractivity contribution in [1.29, 1.82) is 0 Å². The van der Waals surface area contributed by atoms with Crippen LogP contribution >= 0.6 is 0 Å². The number of aromatic nitrogens is 2. The lowest BCUT2D eigenvalue weighted by Gasteiger charge is -2.32. The van der Waals surface area contributed by atoms with Gasteiger partial charge in [0.05, 0.1) is 31.7 Å². The van der Waals surface area contributed by atoms with Crippen molar-refractivity contribution in [3.05, 3.63) is 54.0 Å². The Morgan fingerprint density at radius 3 is 2.49 bits per heavy atom. The molecule has 0 atom stereocenters. The van der Waals surface area contributed by atoms with Crippen LogP contribution in [-0.4, -0.2) is 66.0 Å². The van der Waals surface area contributed by atoms with Gasteiger partial charge in [-0.2, -0.15) is 0 Å². The van der Waals surface area contributed by atoms with Gasteiger partial charge >= 0.3 is 5.97 Å². The fourth-order valence-electron chi connectivity index (χ4n) is 4.65. The highest BCUT2D eigenvalue weighted by atomic mass is 16.5. The zero-order valence-electron chi connectivity index (χ0n) is 21.8. The number of fused-ring (bicyclic) bond motifs is 3. The van der Waals surface area contributed by atoms with Crippen LogP contribution in [0.15, 0.2) is 42.7 Å². The average molecular weight is 507 g/mol. The number of nitrogens with one attached hydrogen (secondary N) is 1. The molecule has 2 aliphatic heterocycles. The lowest BCUT2D eigenvalue weighted by Crippen LogP contribution is -2.36. The topological polar surface area (TPSA) is 106 Å². The SMILES string of the molecule is CC(C)(C)NC=O.COc1cc2c(cc1N1CCOCC1)-c1c(-c3cccnc3)cc(C(=O)O)n1CC2. The number of carbonyl (C=O) groups excluding carboxylic acids is 1. The second-order valence-electron chi connectivity index (χ2n) is 10.0. The normalized spacial score (nSPS) is 14.5. The van der Waals surface area contributed by atoms with Crippen molar-refractivity contribution < 1.29 is 24.2 Å². The van der Waals surface area contributed by atoms with Crippen LogP contribution in [0, 0.1) is 0 Å². The minimum Gasteiger partial charge on any atom is -0.495 e. The van der Waals surface area contributed by atoms with Gasteiger partial charge in [0.2, 0.25) is 6.41 Å². The fraction of sp³-hybridized carbons (Fsp3) is 0.393. The fourth-order valence-corrected chi connectivity index (χ4v) is 4.65. The average Bonchev–Trinajstić information content (AvgIpc) is 3.29. The van der Waals surface area contributed by atoms with Crippen molar-refractivity contribution >= 4 is 18.1 Å². The Labute approximate surface area is 217 Å². The van der Waals surface area contributed by atoms with Crippen molar-refractivity contribution in [2.45, 2.75) is 39.3 Å². The molecular formula is C28H34N4O5. The molecule has 9 heteroatoms. The number of morpholine rings is 1. The minimum atomic E-state index is -0.920. The van der Waals surface area contributed by atoms with Crippen LogP contribution < -0.4 is 15.0 Å². The predicted octanol–water partition coefficient (Wildman–Crippen LogP) is 3.85. The summed E-state index contributed by atoms with van der Waals surface area (Å²) in [6, 6.07) is 9.86. The molecule has 2 N–H and O–H groups in total. The first-order valence-corrected chi connectivity index (χ1v) is 12.4. The van der Waals surface area contributed by atoms with E-state index in [0.29, 0.717) is 31.9 Å². The van der Waals surface area contributed by atoms with Crippen molar-refractivity contribution in [1.82, 2.24) is 14.9 Å². The van der Waals surface area contributed by atoms with Crippen molar-refractivity contribution in [3.63, 3.8) is 0 Å². The Balaban J connectivity index is 0.000000405. The highest BCUT2D eigenvalue weighted by Gasteiger charge is 2.29. The summed E-state index contributed by atoms with van der Waals surface area (Å²) >= 11 is 0. The standard InChI is InChI=1S/C23H23N3O4.C5H11NO/c1-29-21-11-15-4-6-26-20(23(27)28)13-18(16-3-2-5-24-14-16)22(26)17(15)12-19(21)25-7-9-30-10-8-25;1-5(2,3)6-4-7/h2-3,5,11-14H,4,6-10H2,1H3,(H,27,28);4H,1-3H3,(H,6,7). The first-order valence-electron chi connectivity index (χ1n) is 12.4. The van der Waals surface area contributed by atoms with E-state index in [-0.39, 0.29) is 5.54 Å². The highest BCUT2D eigenvalue weighted by Crippen LogP contribution is 2.44. The number of benzene rings is 1. The molecule has 1 fully saturated rings. The van der Waals surface area contributed by atoms with E-state index in [0.717, 1.165) is 58.9 Å². The highest BCUT2D eigenvalue weighted by molar-refractivity contribution is 5.95. The van der Waals surface area contributed by atoms with Crippen LogP contribution in [0.1, 0.15) is 36.8 Å². The summed E-state index contributed by atoms with van der Waals surface area (Å²) in [4.78, 5) is 28.2. The quantitative estimate of drug-likeness (QED) is 0.507. The first-order chi connectivity index (χ1) is 17.7. The number of carboxylic acid groups (broad SMARTS) is 1. The number of hydrogen-bond donors (Lipinski definition) is 2. The molecule has 196 valence electrons. The summed E-state index contributed by atoms with van der Waals surface area (Å²) in [5.41, 5.74) is 6.19. The number of carbonyl (C=O) groups is 2. The van der Waals surface area contributed by atoms with E-state index in [9.17, 15) is 14.7 Å². The number of carboxylic acids is 1. The molecule has 0 spiro atoms. The van der Waals surface area contributed by atoms with Crippen molar-refractivity contribution in [2.75, 3.05) is 38.3 Å². The lowest BCUT2D eigenvalue weighted by molar-refractivity contribution is -0.110. The third-order valence-electron chi connectivity index (χ3n) is 6.40. The van der Waals surface area contributed by atoms with E-state index in [1.54, 1.807) is 25.6 Å². The van der Waals surface area contributed by atoms with Gasteiger partial charge in [0.1, 0.15) is 11.4 Å². The molecule has 0 unspecified atom stereocenters. The largest absolute Gasteiger partial charge is 0.495 e. The van der Waals surface area contributed by atoms with Crippen LogP contribution in [0.2, 0.25) is 0 Å². The number of pyridine rings is 1. The van der Waals surface area contributed by atoms with Crippen LogP contribution in [0.4, 0.5) is 5.69 Å². The maximum atomic E-state index is 12.0. The molecule has 5 rings (SSSR count). The number of ether oxygens (including phenoxy) is 2. The third kappa shape index (κ3) is 5.77. The second kappa shape index (κ2) is 11.0. The van der Waals surface area contributed by atoms with Crippen molar-refractivity contribution in [3.8, 4) is 28.1 Å². The van der Waals surface area contributed by atoms with Gasteiger partial charge in [-0.15, -0.1) is 0 Å². The van der Waals surface area contributed by atoms with Crippen LogP contribution in [0.3, 0.4) is 0 Å². The summed E-state index contributed by atoms with van der Waals surface area (Å²) in [6.45, 7) is 9.37. The van der Waals surface area contributed by atoms with Crippen molar-refractivity contribution in [2.24, 2.45) is 0 Å². The Bertz CT molecular complexity index is 1260. The summed E-state index contributed by atoms with van der Waals surface area (Å²) in [7, 11) is 1.70. The van der Waals surface area contributed by atoms with E-state index in [1.807, 2.05) is 37.5 Å². The molecule has 0 aliphatic carbocycles. The number of aromatic carboxylic acids is 1. The summed E-state index contributed by atoms with van der Waals surface area (Å²) in [6.07, 6.45) is 4.96. The van der Waals surface area contributed by atoms with Gasteiger partial charge in [0.15, 0.2) is 0 Å². The Morgan fingerprint density at radius 2 is 1.92 bits per heavy atom. The number of methoxy groups -OCH3 is 1. The second-order valence-corrected chi connectivity index (χ2v) is 10.0. The molecule has 2 aliphatic rings. The Kier molecular flexibility index (Phi) is 7.83. The number of nitrogens with zero attached hydrogens (tertiary/aromatic N) is 3. The number of amides is 1. The number of anilines is 1. The molecule has 4 heterocycles. The Morgan fingerprint density at radius 1 is 1.16 bits per heavy atom. The molecule has 37 heavy (non-hydrogen) atoms. The van der Waals surface area contributed by atoms with E-state index < -0.39 is 5.97 Å². The maximum Gasteiger partial charge on any atom is 0.352 e. The zero-order chi connectivity index (χ0) is 26.6. The smallest absolute Gasteiger partial charge is 0.352 e. The van der Waals surface area contributed by atoms with Gasteiger partial charge in [-0.3, -0.25) is 9.78 Å². The molecular weight excluding hydrogens is 472 g/mol. The van der Waals surface area contributed by atoms with Gasteiger partial charge in [0.25, 0.3) is 0 Å². The van der Waals surface area contributed by atoms with Crippen LogP contribution in [-0.2, 0) is 22.5 Å². The third-order valence-corrected chi connectivity index (χ3v) is 6.40. The van der Waals surface area contributed by atoms with E-state index >= 15 is 0 Å². The van der Waals surface area contributed by atoms with E-state index in [2.05, 4.69) is 27.3 Å². The molecule has 1 saturated heterocycles. The molecule has 2 aromatic heterocycles. The molecule has 3 aromatic rings. The molecule has 0 saturated carbocycles. The number of hydrogen-bond acceptors (Lipinski definition) is 6.